The van der Waals surface area contributed by atoms with E-state index in [1.165, 1.54) is 12.1 Å². The first kappa shape index (κ1) is 20.5. The van der Waals surface area contributed by atoms with Gasteiger partial charge in [0.05, 0.1) is 0 Å². The minimum absolute atomic E-state index is 0.0651. The average Bonchev–Trinajstić information content (AvgIpc) is 2.60. The Morgan fingerprint density at radius 3 is 2.39 bits per heavy atom. The Morgan fingerprint density at radius 1 is 1.07 bits per heavy atom. The maximum atomic E-state index is 13.1. The highest BCUT2D eigenvalue weighted by Crippen LogP contribution is 2.39. The fraction of sp³-hybridized carbons (Fsp3) is 0.333. The molecule has 3 rings (SSSR count). The molecule has 1 heterocycles. The molecule has 0 amide bonds. The van der Waals surface area contributed by atoms with Gasteiger partial charge in [-0.25, -0.2) is 14.4 Å². The van der Waals surface area contributed by atoms with Crippen molar-refractivity contribution < 1.29 is 8.82 Å². The molecular formula is C21H25ClFN3OSi. The molecule has 148 valence electrons. The van der Waals surface area contributed by atoms with Crippen molar-refractivity contribution in [1.29, 1.82) is 0 Å². The number of hydrogen-bond acceptors (Lipinski definition) is 4. The number of benzene rings is 2. The van der Waals surface area contributed by atoms with Crippen LogP contribution in [0.2, 0.25) is 23.4 Å². The van der Waals surface area contributed by atoms with Gasteiger partial charge in [0.2, 0.25) is 5.28 Å². The normalized spacial score (nSPS) is 12.2. The van der Waals surface area contributed by atoms with Crippen molar-refractivity contribution in [2.45, 2.75) is 45.4 Å². The quantitative estimate of drug-likeness (QED) is 0.384. The van der Waals surface area contributed by atoms with Crippen molar-refractivity contribution in [2.75, 3.05) is 5.32 Å². The predicted octanol–water partition coefficient (Wildman–Crippen LogP) is 6.42. The monoisotopic (exact) mass is 417 g/mol. The Morgan fingerprint density at radius 2 is 1.75 bits per heavy atom. The molecule has 0 spiro atoms. The first-order valence-corrected chi connectivity index (χ1v) is 12.5. The molecule has 4 nitrogen and oxygen atoms in total. The second kappa shape index (κ2) is 7.68. The van der Waals surface area contributed by atoms with E-state index in [-0.39, 0.29) is 16.1 Å². The lowest BCUT2D eigenvalue weighted by Crippen LogP contribution is -2.43. The van der Waals surface area contributed by atoms with E-state index in [1.807, 2.05) is 18.2 Å². The van der Waals surface area contributed by atoms with Crippen molar-refractivity contribution in [3.8, 4) is 5.75 Å². The van der Waals surface area contributed by atoms with E-state index in [9.17, 15) is 4.39 Å². The van der Waals surface area contributed by atoms with Crippen LogP contribution in [0, 0.1) is 5.82 Å². The van der Waals surface area contributed by atoms with Gasteiger partial charge in [-0.15, -0.1) is 0 Å². The third kappa shape index (κ3) is 4.44. The van der Waals surface area contributed by atoms with Crippen LogP contribution in [0.15, 0.2) is 42.5 Å². The van der Waals surface area contributed by atoms with Crippen LogP contribution >= 0.6 is 11.6 Å². The summed E-state index contributed by atoms with van der Waals surface area (Å²) in [6, 6.07) is 12.2. The SMILES string of the molecule is CC(C)(C)[Si](C)(C)Oc1cccc2c(NCc3ccc(F)cc3)nc(Cl)nc12. The summed E-state index contributed by atoms with van der Waals surface area (Å²) in [4.78, 5) is 8.78. The van der Waals surface area contributed by atoms with E-state index >= 15 is 0 Å². The smallest absolute Gasteiger partial charge is 0.250 e. The summed E-state index contributed by atoms with van der Waals surface area (Å²) < 4.78 is 19.6. The van der Waals surface area contributed by atoms with E-state index in [0.717, 1.165) is 16.7 Å². The molecule has 0 aliphatic carbocycles. The number of nitrogens with zero attached hydrogens (tertiary/aromatic N) is 2. The molecule has 3 aromatic rings. The van der Waals surface area contributed by atoms with Gasteiger partial charge in [-0.2, -0.15) is 0 Å². The summed E-state index contributed by atoms with van der Waals surface area (Å²) in [6.45, 7) is 11.5. The van der Waals surface area contributed by atoms with Crippen LogP contribution in [0.25, 0.3) is 10.9 Å². The van der Waals surface area contributed by atoms with Gasteiger partial charge in [-0.05, 0) is 59.6 Å². The molecule has 0 unspecified atom stereocenters. The summed E-state index contributed by atoms with van der Waals surface area (Å²) in [7, 11) is -2.03. The van der Waals surface area contributed by atoms with Crippen LogP contribution in [0.4, 0.5) is 10.2 Å². The maximum absolute atomic E-state index is 13.1. The van der Waals surface area contributed by atoms with Gasteiger partial charge < -0.3 is 9.74 Å². The second-order valence-corrected chi connectivity index (χ2v) is 13.4. The summed E-state index contributed by atoms with van der Waals surface area (Å²) >= 11 is 6.20. The van der Waals surface area contributed by atoms with Crippen LogP contribution in [0.3, 0.4) is 0 Å². The molecule has 7 heteroatoms. The molecule has 1 N–H and O–H groups in total. The molecule has 0 aliphatic heterocycles. The Hall–Kier alpha value is -2.18. The zero-order valence-corrected chi connectivity index (χ0v) is 18.6. The average molecular weight is 418 g/mol. The third-order valence-electron chi connectivity index (χ3n) is 5.21. The van der Waals surface area contributed by atoms with Crippen molar-refractivity contribution in [3.63, 3.8) is 0 Å². The third-order valence-corrected chi connectivity index (χ3v) is 9.72. The van der Waals surface area contributed by atoms with Gasteiger partial charge in [0.1, 0.15) is 22.9 Å². The van der Waals surface area contributed by atoms with E-state index in [1.54, 1.807) is 12.1 Å². The van der Waals surface area contributed by atoms with Gasteiger partial charge in [0.25, 0.3) is 8.32 Å². The Balaban J connectivity index is 1.96. The highest BCUT2D eigenvalue weighted by molar-refractivity contribution is 6.74. The Labute approximate surface area is 171 Å². The number of aromatic nitrogens is 2. The fourth-order valence-corrected chi connectivity index (χ4v) is 3.72. The number of para-hydroxylation sites is 1. The molecule has 1 aromatic heterocycles. The van der Waals surface area contributed by atoms with Crippen molar-refractivity contribution in [3.05, 3.63) is 59.1 Å². The van der Waals surface area contributed by atoms with E-state index < -0.39 is 8.32 Å². The van der Waals surface area contributed by atoms with Crippen molar-refractivity contribution in [1.82, 2.24) is 9.97 Å². The fourth-order valence-electron chi connectivity index (χ4n) is 2.53. The molecule has 0 aliphatic rings. The minimum atomic E-state index is -2.03. The van der Waals surface area contributed by atoms with Gasteiger partial charge in [0.15, 0.2) is 0 Å². The van der Waals surface area contributed by atoms with Crippen LogP contribution in [-0.4, -0.2) is 18.3 Å². The molecule has 0 bridgehead atoms. The Bertz CT molecular complexity index is 987. The number of nitrogens with one attached hydrogen (secondary N) is 1. The molecule has 0 radical (unpaired) electrons. The topological polar surface area (TPSA) is 47.0 Å². The van der Waals surface area contributed by atoms with Gasteiger partial charge >= 0.3 is 0 Å². The molecule has 2 aromatic carbocycles. The molecular weight excluding hydrogens is 393 g/mol. The molecule has 0 atom stereocenters. The first-order chi connectivity index (χ1) is 13.1. The number of fused-ring (bicyclic) bond motifs is 1. The zero-order chi connectivity index (χ0) is 20.5. The van der Waals surface area contributed by atoms with E-state index in [2.05, 4.69) is 49.1 Å². The number of hydrogen-bond donors (Lipinski definition) is 1. The second-order valence-electron chi connectivity index (χ2n) is 8.34. The van der Waals surface area contributed by atoms with Crippen LogP contribution in [0.5, 0.6) is 5.75 Å². The molecule has 0 fully saturated rings. The summed E-state index contributed by atoms with van der Waals surface area (Å²) in [6.07, 6.45) is 0. The highest BCUT2D eigenvalue weighted by atomic mass is 35.5. The first-order valence-electron chi connectivity index (χ1n) is 9.20. The summed E-state index contributed by atoms with van der Waals surface area (Å²) in [5.74, 6) is 1.09. The highest BCUT2D eigenvalue weighted by Gasteiger charge is 2.39. The largest absolute Gasteiger partial charge is 0.542 e. The number of halogens is 2. The van der Waals surface area contributed by atoms with Gasteiger partial charge in [0, 0.05) is 11.9 Å². The minimum Gasteiger partial charge on any atom is -0.542 e. The van der Waals surface area contributed by atoms with Crippen LogP contribution in [0.1, 0.15) is 26.3 Å². The van der Waals surface area contributed by atoms with E-state index in [0.29, 0.717) is 17.9 Å². The lowest BCUT2D eigenvalue weighted by molar-refractivity contribution is 0.495. The zero-order valence-electron chi connectivity index (χ0n) is 16.8. The lowest BCUT2D eigenvalue weighted by atomic mass is 10.2. The molecule has 0 saturated carbocycles. The number of anilines is 1. The predicted molar refractivity (Wildman–Crippen MR) is 116 cm³/mol. The molecule has 28 heavy (non-hydrogen) atoms. The summed E-state index contributed by atoms with van der Waals surface area (Å²) in [5, 5.41) is 4.34. The Kier molecular flexibility index (Phi) is 5.64. The lowest BCUT2D eigenvalue weighted by Gasteiger charge is -2.36. The van der Waals surface area contributed by atoms with Gasteiger partial charge in [-0.1, -0.05) is 39.0 Å². The number of rotatable bonds is 5. The maximum Gasteiger partial charge on any atom is 0.250 e. The summed E-state index contributed by atoms with van der Waals surface area (Å²) in [5.41, 5.74) is 1.63. The van der Waals surface area contributed by atoms with Crippen LogP contribution < -0.4 is 9.74 Å². The standard InChI is InChI=1S/C21H25ClFN3OSi/c1-21(2,3)28(4,5)27-17-8-6-7-16-18(17)25-20(22)26-19(16)24-13-14-9-11-15(23)12-10-14/h6-12H,13H2,1-5H3,(H,24,25,26). The van der Waals surface area contributed by atoms with E-state index in [4.69, 9.17) is 16.0 Å². The van der Waals surface area contributed by atoms with Crippen molar-refractivity contribution >= 4 is 36.6 Å². The van der Waals surface area contributed by atoms with Gasteiger partial charge in [-0.3, -0.25) is 0 Å². The van der Waals surface area contributed by atoms with Crippen LogP contribution in [-0.2, 0) is 6.54 Å². The molecule has 0 saturated heterocycles. The van der Waals surface area contributed by atoms with Crippen molar-refractivity contribution in [2.24, 2.45) is 0 Å².